The van der Waals surface area contributed by atoms with Crippen LogP contribution in [-0.4, -0.2) is 49.0 Å². The molecule has 1 atom stereocenters. The first-order chi connectivity index (χ1) is 16.3. The number of ether oxygens (including phenoxy) is 2. The number of rotatable bonds is 7. The van der Waals surface area contributed by atoms with Gasteiger partial charge in [-0.05, 0) is 87.1 Å². The lowest BCUT2D eigenvalue weighted by atomic mass is 9.96. The Morgan fingerprint density at radius 2 is 2.03 bits per heavy atom. The van der Waals surface area contributed by atoms with Crippen molar-refractivity contribution in [2.75, 3.05) is 32.1 Å². The van der Waals surface area contributed by atoms with Crippen LogP contribution in [-0.2, 0) is 4.79 Å². The molecular formula is C28H34FNO3S. The van der Waals surface area contributed by atoms with Crippen LogP contribution < -0.4 is 9.47 Å². The number of fused-ring (bicyclic) bond motifs is 1. The number of esters is 1. The fourth-order valence-corrected chi connectivity index (χ4v) is 5.22. The van der Waals surface area contributed by atoms with Crippen molar-refractivity contribution in [2.24, 2.45) is 5.41 Å². The van der Waals surface area contributed by atoms with Crippen molar-refractivity contribution in [3.8, 4) is 11.5 Å². The van der Waals surface area contributed by atoms with Gasteiger partial charge in [-0.15, -0.1) is 11.8 Å². The minimum absolute atomic E-state index is 0.140. The molecule has 6 heteroatoms. The first kappa shape index (κ1) is 24.8. The van der Waals surface area contributed by atoms with Crippen LogP contribution in [0, 0.1) is 5.41 Å². The van der Waals surface area contributed by atoms with E-state index in [0.717, 1.165) is 60.0 Å². The fourth-order valence-electron chi connectivity index (χ4n) is 4.23. The minimum Gasteiger partial charge on any atom is -0.489 e. The molecule has 1 unspecified atom stereocenters. The Morgan fingerprint density at radius 1 is 1.18 bits per heavy atom. The van der Waals surface area contributed by atoms with E-state index in [1.54, 1.807) is 11.8 Å². The standard InChI is InChI=1S/C28H34FNO3S/c1-28(2,3)27(31)33-22-10-11-25-24(9-5-16-34-26(25)18-22)20-7-4-8-21(17-20)32-23-12-15-30(19-23)14-6-13-29/h4,7-11,17-18,23H,5-6,12-16,19H2,1-3H3. The number of halogens is 1. The van der Waals surface area contributed by atoms with Crippen molar-refractivity contribution in [3.05, 3.63) is 59.7 Å². The molecular weight excluding hydrogens is 449 g/mol. The molecule has 34 heavy (non-hydrogen) atoms. The van der Waals surface area contributed by atoms with Gasteiger partial charge in [-0.25, -0.2) is 0 Å². The van der Waals surface area contributed by atoms with E-state index in [4.69, 9.17) is 9.47 Å². The van der Waals surface area contributed by atoms with Gasteiger partial charge in [0.05, 0.1) is 12.1 Å². The zero-order valence-electron chi connectivity index (χ0n) is 20.3. The SMILES string of the molecule is CC(C)(C)C(=O)Oc1ccc2c(c1)SCCC=C2c1cccc(OC2CCN(CCCF)C2)c1. The molecule has 4 nitrogen and oxygen atoms in total. The number of likely N-dealkylation sites (tertiary alicyclic amines) is 1. The lowest BCUT2D eigenvalue weighted by Crippen LogP contribution is -2.26. The summed E-state index contributed by atoms with van der Waals surface area (Å²) in [5, 5.41) is 0. The summed E-state index contributed by atoms with van der Waals surface area (Å²) < 4.78 is 24.4. The number of nitrogens with zero attached hydrogens (tertiary/aromatic N) is 1. The van der Waals surface area contributed by atoms with Gasteiger partial charge in [-0.2, -0.15) is 0 Å². The summed E-state index contributed by atoms with van der Waals surface area (Å²) in [6.07, 6.45) is 4.94. The van der Waals surface area contributed by atoms with Gasteiger partial charge in [0.25, 0.3) is 0 Å². The van der Waals surface area contributed by atoms with Crippen LogP contribution in [0.4, 0.5) is 4.39 Å². The molecule has 0 bridgehead atoms. The number of hydrogen-bond donors (Lipinski definition) is 0. The molecule has 0 aromatic heterocycles. The zero-order valence-corrected chi connectivity index (χ0v) is 21.1. The molecule has 0 aliphatic carbocycles. The number of carbonyl (C=O) groups is 1. The third-order valence-electron chi connectivity index (χ3n) is 6.07. The van der Waals surface area contributed by atoms with Gasteiger partial charge >= 0.3 is 5.97 Å². The fraction of sp³-hybridized carbons (Fsp3) is 0.464. The summed E-state index contributed by atoms with van der Waals surface area (Å²) in [7, 11) is 0. The highest BCUT2D eigenvalue weighted by Crippen LogP contribution is 2.39. The maximum Gasteiger partial charge on any atom is 0.316 e. The Hall–Kier alpha value is -2.31. The predicted molar refractivity (Wildman–Crippen MR) is 136 cm³/mol. The maximum atomic E-state index is 12.5. The van der Waals surface area contributed by atoms with Crippen molar-refractivity contribution < 1.29 is 18.7 Å². The molecule has 0 saturated carbocycles. The van der Waals surface area contributed by atoms with Gasteiger partial charge in [0.2, 0.25) is 0 Å². The van der Waals surface area contributed by atoms with Crippen molar-refractivity contribution >= 4 is 23.3 Å². The van der Waals surface area contributed by atoms with Crippen LogP contribution in [0.1, 0.15) is 51.2 Å². The van der Waals surface area contributed by atoms with E-state index in [2.05, 4.69) is 29.2 Å². The predicted octanol–water partition coefficient (Wildman–Crippen LogP) is 6.38. The van der Waals surface area contributed by atoms with Crippen molar-refractivity contribution in [2.45, 2.75) is 51.0 Å². The average Bonchev–Trinajstić information content (AvgIpc) is 3.13. The highest BCUT2D eigenvalue weighted by atomic mass is 32.2. The molecule has 182 valence electrons. The molecule has 0 N–H and O–H groups in total. The van der Waals surface area contributed by atoms with Gasteiger partial charge in [-0.3, -0.25) is 14.1 Å². The number of benzene rings is 2. The quantitative estimate of drug-likeness (QED) is 0.338. The molecule has 0 spiro atoms. The van der Waals surface area contributed by atoms with Crippen LogP contribution in [0.15, 0.2) is 53.4 Å². The van der Waals surface area contributed by atoms with Crippen LogP contribution >= 0.6 is 11.8 Å². The monoisotopic (exact) mass is 483 g/mol. The minimum atomic E-state index is -0.547. The first-order valence-electron chi connectivity index (χ1n) is 12.1. The molecule has 0 amide bonds. The molecule has 4 rings (SSSR count). The molecule has 2 aliphatic rings. The van der Waals surface area contributed by atoms with Crippen LogP contribution in [0.25, 0.3) is 5.57 Å². The topological polar surface area (TPSA) is 38.8 Å². The van der Waals surface area contributed by atoms with E-state index in [0.29, 0.717) is 12.2 Å². The summed E-state index contributed by atoms with van der Waals surface area (Å²) in [6.45, 7) is 7.92. The summed E-state index contributed by atoms with van der Waals surface area (Å²) in [5.41, 5.74) is 2.89. The molecule has 2 aliphatic heterocycles. The summed E-state index contributed by atoms with van der Waals surface area (Å²) in [4.78, 5) is 15.7. The van der Waals surface area contributed by atoms with Crippen LogP contribution in [0.5, 0.6) is 11.5 Å². The molecule has 2 aromatic carbocycles. The molecule has 2 heterocycles. The van der Waals surface area contributed by atoms with Gasteiger partial charge in [0, 0.05) is 30.3 Å². The summed E-state index contributed by atoms with van der Waals surface area (Å²) in [6, 6.07) is 14.2. The zero-order chi connectivity index (χ0) is 24.1. The Bertz CT molecular complexity index is 1050. The third kappa shape index (κ3) is 6.22. The van der Waals surface area contributed by atoms with Crippen LogP contribution in [0.3, 0.4) is 0 Å². The van der Waals surface area contributed by atoms with E-state index in [1.807, 2.05) is 45.0 Å². The second-order valence-electron chi connectivity index (χ2n) is 9.95. The first-order valence-corrected chi connectivity index (χ1v) is 13.1. The Kier molecular flexibility index (Phi) is 7.99. The van der Waals surface area contributed by atoms with Crippen molar-refractivity contribution in [1.29, 1.82) is 0 Å². The lowest BCUT2D eigenvalue weighted by molar-refractivity contribution is -0.143. The van der Waals surface area contributed by atoms with Gasteiger partial charge < -0.3 is 9.47 Å². The second kappa shape index (κ2) is 11.0. The van der Waals surface area contributed by atoms with Gasteiger partial charge in [0.15, 0.2) is 0 Å². The Labute approximate surface area is 206 Å². The van der Waals surface area contributed by atoms with E-state index < -0.39 is 5.41 Å². The molecule has 1 saturated heterocycles. The van der Waals surface area contributed by atoms with Gasteiger partial charge in [-0.1, -0.05) is 18.2 Å². The van der Waals surface area contributed by atoms with E-state index in [1.165, 1.54) is 5.57 Å². The van der Waals surface area contributed by atoms with Crippen molar-refractivity contribution in [3.63, 3.8) is 0 Å². The van der Waals surface area contributed by atoms with E-state index in [9.17, 15) is 9.18 Å². The number of hydrogen-bond acceptors (Lipinski definition) is 5. The van der Waals surface area contributed by atoms with Crippen molar-refractivity contribution in [1.82, 2.24) is 4.90 Å². The Balaban J connectivity index is 1.51. The van der Waals surface area contributed by atoms with E-state index in [-0.39, 0.29) is 18.7 Å². The summed E-state index contributed by atoms with van der Waals surface area (Å²) in [5.74, 6) is 2.19. The number of alkyl halides is 1. The molecule has 2 aromatic rings. The molecule has 0 radical (unpaired) electrons. The normalized spacial score (nSPS) is 18.7. The highest BCUT2D eigenvalue weighted by molar-refractivity contribution is 7.99. The lowest BCUT2D eigenvalue weighted by Gasteiger charge is -2.18. The Morgan fingerprint density at radius 3 is 2.82 bits per heavy atom. The number of thioether (sulfide) groups is 1. The third-order valence-corrected chi connectivity index (χ3v) is 7.16. The molecule has 1 fully saturated rings. The maximum absolute atomic E-state index is 12.5. The second-order valence-corrected chi connectivity index (χ2v) is 11.1. The summed E-state index contributed by atoms with van der Waals surface area (Å²) >= 11 is 1.79. The smallest absolute Gasteiger partial charge is 0.316 e. The largest absolute Gasteiger partial charge is 0.489 e. The average molecular weight is 484 g/mol. The van der Waals surface area contributed by atoms with Gasteiger partial charge in [0.1, 0.15) is 17.6 Å². The number of allylic oxidation sites excluding steroid dienone is 1. The highest BCUT2D eigenvalue weighted by Gasteiger charge is 2.25. The van der Waals surface area contributed by atoms with Crippen LogP contribution in [0.2, 0.25) is 0 Å². The van der Waals surface area contributed by atoms with E-state index >= 15 is 0 Å². The number of carbonyl (C=O) groups excluding carboxylic acids is 1.